The normalized spacial score (nSPS) is 12.8. The van der Waals surface area contributed by atoms with Crippen molar-refractivity contribution < 1.29 is 48.9 Å². The molecule has 0 heterocycles. The van der Waals surface area contributed by atoms with Crippen molar-refractivity contribution in [2.24, 2.45) is 20.5 Å². The summed E-state index contributed by atoms with van der Waals surface area (Å²) in [6.07, 6.45) is 0. The molecule has 0 bridgehead atoms. The number of hydrogen-bond donors (Lipinski definition) is 2. The van der Waals surface area contributed by atoms with Gasteiger partial charge in [-0.2, -0.15) is 18.6 Å². The molecule has 4 aromatic carbocycles. The number of nitrogen functional groups attached to an aromatic ring is 1. The fourth-order valence-electron chi connectivity index (χ4n) is 3.62. The Kier molecular flexibility index (Phi) is 7.97. The van der Waals surface area contributed by atoms with Gasteiger partial charge in [-0.1, -0.05) is 5.75 Å². The highest BCUT2D eigenvalue weighted by molar-refractivity contribution is 7.86. The zero-order valence-corrected chi connectivity index (χ0v) is 23.2. The van der Waals surface area contributed by atoms with E-state index in [4.69, 9.17) is 5.73 Å². The maximum Gasteiger partial charge on any atom is 0.296 e. The Labute approximate surface area is 241 Å². The van der Waals surface area contributed by atoms with Crippen LogP contribution in [0.3, 0.4) is 0 Å². The standard InChI is InChI=1S/C22H16N6O12S3/c23-19-18-11(9-16(42(35,36)37)20(19)26-24-12-1-5-14(6-2-12)28(30)31)10-17(43(38,39)40)21(22(18)29)27-25-13-3-7-15(8-4-13)41(32,33)34/h1-10,29H,23H2,(H,32,33,34)(H,35,36,37)(H,38,39,40)/p-3. The lowest BCUT2D eigenvalue weighted by molar-refractivity contribution is -0.384. The van der Waals surface area contributed by atoms with Crippen LogP contribution in [0, 0.1) is 10.1 Å². The van der Waals surface area contributed by atoms with Gasteiger partial charge in [-0.05, 0) is 53.9 Å². The monoisotopic (exact) mass is 649 g/mol. The van der Waals surface area contributed by atoms with Crippen molar-refractivity contribution in [2.75, 3.05) is 5.73 Å². The zero-order chi connectivity index (χ0) is 31.9. The maximum absolute atomic E-state index is 13.4. The van der Waals surface area contributed by atoms with Crippen LogP contribution in [0.25, 0.3) is 10.8 Å². The first-order chi connectivity index (χ1) is 19.9. The van der Waals surface area contributed by atoms with E-state index in [1.54, 1.807) is 0 Å². The highest BCUT2D eigenvalue weighted by Gasteiger charge is 2.23. The Morgan fingerprint density at radius 2 is 1.21 bits per heavy atom. The van der Waals surface area contributed by atoms with Gasteiger partial charge in [0.05, 0.1) is 37.5 Å². The summed E-state index contributed by atoms with van der Waals surface area (Å²) in [7, 11) is -15.4. The number of hydrogen-bond acceptors (Lipinski definition) is 16. The summed E-state index contributed by atoms with van der Waals surface area (Å²) in [5, 5.41) is 37.7. The number of non-ortho nitro benzene ring substituents is 1. The van der Waals surface area contributed by atoms with Crippen molar-refractivity contribution in [3.05, 3.63) is 70.8 Å². The minimum absolute atomic E-state index is 0.0475. The lowest BCUT2D eigenvalue weighted by Crippen LogP contribution is -2.06. The molecule has 0 aromatic heterocycles. The van der Waals surface area contributed by atoms with Gasteiger partial charge in [0.1, 0.15) is 30.8 Å². The number of azo groups is 2. The molecule has 0 aliphatic rings. The number of nitro benzene ring substituents is 1. The number of anilines is 1. The van der Waals surface area contributed by atoms with Crippen LogP contribution in [0.15, 0.2) is 95.8 Å². The molecule has 0 atom stereocenters. The van der Waals surface area contributed by atoms with Gasteiger partial charge in [0.25, 0.3) is 15.8 Å². The van der Waals surface area contributed by atoms with E-state index in [0.717, 1.165) is 48.5 Å². The number of nitrogens with two attached hydrogens (primary N) is 1. The Morgan fingerprint density at radius 1 is 0.721 bits per heavy atom. The van der Waals surface area contributed by atoms with Crippen molar-refractivity contribution in [3.8, 4) is 5.75 Å². The molecular weight excluding hydrogens is 636 g/mol. The van der Waals surface area contributed by atoms with Crippen LogP contribution in [0.4, 0.5) is 34.1 Å². The first-order valence-corrected chi connectivity index (χ1v) is 15.3. The summed E-state index contributed by atoms with van der Waals surface area (Å²) in [5.74, 6) is -1.31. The summed E-state index contributed by atoms with van der Waals surface area (Å²) < 4.78 is 103. The molecule has 0 radical (unpaired) electrons. The largest absolute Gasteiger partial charge is 0.870 e. The Morgan fingerprint density at radius 3 is 1.67 bits per heavy atom. The van der Waals surface area contributed by atoms with Gasteiger partial charge in [0.15, 0.2) is 0 Å². The van der Waals surface area contributed by atoms with Gasteiger partial charge in [0, 0.05) is 17.5 Å². The molecule has 224 valence electrons. The fourth-order valence-corrected chi connectivity index (χ4v) is 5.40. The number of rotatable bonds is 8. The Hall–Kier alpha value is -4.93. The molecule has 0 fully saturated rings. The molecule has 0 saturated carbocycles. The van der Waals surface area contributed by atoms with Gasteiger partial charge < -0.3 is 19.9 Å². The lowest BCUT2D eigenvalue weighted by atomic mass is 10.1. The molecule has 0 unspecified atom stereocenters. The predicted octanol–water partition coefficient (Wildman–Crippen LogP) is 3.29. The van der Waals surface area contributed by atoms with E-state index in [1.807, 2.05) is 0 Å². The number of fused-ring (bicyclic) bond motifs is 1. The first-order valence-electron chi connectivity index (χ1n) is 11.1. The maximum atomic E-state index is 13.4. The van der Waals surface area contributed by atoms with E-state index in [0.29, 0.717) is 12.1 Å². The van der Waals surface area contributed by atoms with E-state index in [9.17, 15) is 54.1 Å². The number of benzene rings is 4. The van der Waals surface area contributed by atoms with E-state index in [1.165, 1.54) is 0 Å². The number of nitrogens with zero attached hydrogens (tertiary/aromatic N) is 5. The highest BCUT2D eigenvalue weighted by Crippen LogP contribution is 2.47. The minimum Gasteiger partial charge on any atom is -0.870 e. The first kappa shape index (κ1) is 31.0. The van der Waals surface area contributed by atoms with Crippen LogP contribution in [0.1, 0.15) is 0 Å². The smallest absolute Gasteiger partial charge is 0.296 e. The molecule has 4 rings (SSSR count). The van der Waals surface area contributed by atoms with E-state index < -0.39 is 83.5 Å². The Bertz CT molecular complexity index is 2180. The van der Waals surface area contributed by atoms with Crippen LogP contribution in [0.5, 0.6) is 5.75 Å². The zero-order valence-electron chi connectivity index (χ0n) is 20.7. The van der Waals surface area contributed by atoms with Crippen molar-refractivity contribution >= 4 is 75.3 Å². The van der Waals surface area contributed by atoms with E-state index in [2.05, 4.69) is 20.5 Å². The molecule has 4 aromatic rings. The molecule has 43 heavy (non-hydrogen) atoms. The van der Waals surface area contributed by atoms with Crippen LogP contribution < -0.4 is 10.8 Å². The Balaban J connectivity index is 1.95. The summed E-state index contributed by atoms with van der Waals surface area (Å²) in [6.45, 7) is 0. The highest BCUT2D eigenvalue weighted by atomic mass is 32.2. The van der Waals surface area contributed by atoms with Gasteiger partial charge in [0.2, 0.25) is 0 Å². The van der Waals surface area contributed by atoms with Gasteiger partial charge in [-0.15, -0.1) is 10.2 Å². The predicted molar refractivity (Wildman–Crippen MR) is 141 cm³/mol. The number of nitro groups is 1. The quantitative estimate of drug-likeness (QED) is 0.0910. The molecule has 0 aliphatic carbocycles. The molecule has 0 amide bonds. The van der Waals surface area contributed by atoms with Gasteiger partial charge in [-0.25, -0.2) is 16.8 Å². The average molecular weight is 650 g/mol. The third kappa shape index (κ3) is 6.61. The second kappa shape index (κ2) is 11.0. The molecular formula is C22H13N6O12S3-3. The SMILES string of the molecule is Nc1c(N=Nc2ccc([N+](=O)[O-])cc2)c(S(=O)(=O)[O-])cc2cc(S(=O)(=O)O)c(N=Nc3ccc(S(=O)(=O)[O-])cc3)c([O-])c12. The van der Waals surface area contributed by atoms with Crippen molar-refractivity contribution in [1.82, 2.24) is 0 Å². The molecule has 0 saturated heterocycles. The van der Waals surface area contributed by atoms with Crippen LogP contribution in [-0.4, -0.2) is 43.8 Å². The minimum atomic E-state index is -5.40. The van der Waals surface area contributed by atoms with E-state index in [-0.39, 0.29) is 17.1 Å². The summed E-state index contributed by atoms with van der Waals surface area (Å²) >= 11 is 0. The van der Waals surface area contributed by atoms with Crippen molar-refractivity contribution in [3.63, 3.8) is 0 Å². The second-order valence-corrected chi connectivity index (χ2v) is 12.5. The molecule has 3 N–H and O–H groups in total. The summed E-state index contributed by atoms with van der Waals surface area (Å²) in [6, 6.07) is 9.31. The third-order valence-electron chi connectivity index (χ3n) is 5.56. The lowest BCUT2D eigenvalue weighted by Gasteiger charge is -2.21. The van der Waals surface area contributed by atoms with Crippen LogP contribution >= 0.6 is 0 Å². The summed E-state index contributed by atoms with van der Waals surface area (Å²) in [5.41, 5.74) is 2.91. The van der Waals surface area contributed by atoms with E-state index >= 15 is 0 Å². The van der Waals surface area contributed by atoms with Crippen molar-refractivity contribution in [2.45, 2.75) is 14.7 Å². The van der Waals surface area contributed by atoms with Crippen LogP contribution in [-0.2, 0) is 30.4 Å². The average Bonchev–Trinajstić information content (AvgIpc) is 2.90. The molecule has 21 heteroatoms. The third-order valence-corrected chi connectivity index (χ3v) is 8.13. The van der Waals surface area contributed by atoms with Gasteiger partial charge in [-0.3, -0.25) is 14.7 Å². The topological polar surface area (TPSA) is 310 Å². The van der Waals surface area contributed by atoms with Crippen molar-refractivity contribution in [1.29, 1.82) is 0 Å². The second-order valence-electron chi connectivity index (χ2n) is 8.34. The molecule has 18 nitrogen and oxygen atoms in total. The van der Waals surface area contributed by atoms with Crippen LogP contribution in [0.2, 0.25) is 0 Å². The molecule has 0 spiro atoms. The summed E-state index contributed by atoms with van der Waals surface area (Å²) in [4.78, 5) is 7.26. The van der Waals surface area contributed by atoms with Gasteiger partial charge >= 0.3 is 0 Å². The molecule has 0 aliphatic heterocycles. The fraction of sp³-hybridized carbons (Fsp3) is 0.